The molecule has 3 aliphatic rings. The maximum atomic E-state index is 2.59. The number of para-hydroxylation sites is 3. The van der Waals surface area contributed by atoms with E-state index in [2.05, 4.69) is 217 Å². The van der Waals surface area contributed by atoms with E-state index in [0.29, 0.717) is 5.92 Å². The number of benzene rings is 8. The van der Waals surface area contributed by atoms with E-state index in [9.17, 15) is 0 Å². The molecule has 1 fully saturated rings. The molecule has 3 heteroatoms. The minimum Gasteiger partial charge on any atom is -0.330 e. The normalized spacial score (nSPS) is 18.4. The smallest absolute Gasteiger partial charge is 0.0712 e. The maximum Gasteiger partial charge on any atom is 0.0712 e. The van der Waals surface area contributed by atoms with E-state index < -0.39 is 0 Å². The van der Waals surface area contributed by atoms with E-state index in [-0.39, 0.29) is 11.5 Å². The third kappa shape index (κ3) is 5.90. The monoisotopic (exact) mass is 816 g/mol. The van der Waals surface area contributed by atoms with E-state index in [1.165, 1.54) is 119 Å². The lowest BCUT2D eigenvalue weighted by Crippen LogP contribution is -2.42. The Labute approximate surface area is 368 Å². The average molecular weight is 817 g/mol. The molecule has 2 atom stereocenters. The standard InChI is InChI=1S/C59H48N2S/c1-59-38-13-12-33-51(59)49-32-17-30-46(58(49)61(59)43-24-6-3-7-25-43)42-23-14-26-44(39-42)60(53-35-18-37-55-57(53)50-28-9-11-36-54(50)62-55)52-34-10-8-27-47(52)48-31-16-22-41-21-15-29-45(56(41)48)40-19-4-2-5-20-40/h3,6-18,21-40,51H,2,4-5,19-20H2,1H3. The molecule has 0 saturated heterocycles. The summed E-state index contributed by atoms with van der Waals surface area (Å²) in [5.41, 5.74) is 13.6. The molecule has 62 heavy (non-hydrogen) atoms. The van der Waals surface area contributed by atoms with Crippen molar-refractivity contribution in [2.45, 2.75) is 56.4 Å². The third-order valence-corrected chi connectivity index (χ3v) is 15.2. The van der Waals surface area contributed by atoms with Gasteiger partial charge in [0.1, 0.15) is 0 Å². The van der Waals surface area contributed by atoms with Crippen LogP contribution in [0.1, 0.15) is 62.0 Å². The molecule has 0 N–H and O–H groups in total. The molecule has 0 radical (unpaired) electrons. The summed E-state index contributed by atoms with van der Waals surface area (Å²) in [6.45, 7) is 2.39. The predicted molar refractivity (Wildman–Crippen MR) is 266 cm³/mol. The molecule has 1 aliphatic heterocycles. The summed E-state index contributed by atoms with van der Waals surface area (Å²) in [6, 6.07) is 66.1. The van der Waals surface area contributed by atoms with Crippen LogP contribution in [0, 0.1) is 0 Å². The van der Waals surface area contributed by atoms with Gasteiger partial charge in [-0.15, -0.1) is 11.3 Å². The zero-order valence-electron chi connectivity index (χ0n) is 35.0. The van der Waals surface area contributed by atoms with Crippen molar-refractivity contribution >= 4 is 70.7 Å². The lowest BCUT2D eigenvalue weighted by Gasteiger charge is -2.39. The fourth-order valence-electron chi connectivity index (χ4n) is 11.3. The Morgan fingerprint density at radius 3 is 2.16 bits per heavy atom. The average Bonchev–Trinajstić information content (AvgIpc) is 3.85. The van der Waals surface area contributed by atoms with Crippen LogP contribution in [0.25, 0.3) is 53.2 Å². The number of hydrogen-bond acceptors (Lipinski definition) is 3. The van der Waals surface area contributed by atoms with Crippen molar-refractivity contribution in [1.82, 2.24) is 0 Å². The Bertz CT molecular complexity index is 3220. The Hall–Kier alpha value is -6.68. The number of hydrogen-bond donors (Lipinski definition) is 0. The fraction of sp³-hybridized carbons (Fsp3) is 0.153. The van der Waals surface area contributed by atoms with Gasteiger partial charge in [0.2, 0.25) is 0 Å². The van der Waals surface area contributed by atoms with Crippen molar-refractivity contribution in [2.24, 2.45) is 0 Å². The van der Waals surface area contributed by atoms with Gasteiger partial charge in [-0.25, -0.2) is 0 Å². The summed E-state index contributed by atoms with van der Waals surface area (Å²) in [5.74, 6) is 0.817. The molecule has 9 aromatic rings. The molecule has 0 amide bonds. The molecule has 1 saturated carbocycles. The molecular weight excluding hydrogens is 769 g/mol. The lowest BCUT2D eigenvalue weighted by molar-refractivity contribution is 0.445. The van der Waals surface area contributed by atoms with Crippen LogP contribution in [-0.2, 0) is 0 Å². The lowest BCUT2D eigenvalue weighted by atomic mass is 9.80. The van der Waals surface area contributed by atoms with E-state index in [4.69, 9.17) is 0 Å². The summed E-state index contributed by atoms with van der Waals surface area (Å²) in [5, 5.41) is 5.31. The highest BCUT2D eigenvalue weighted by Crippen LogP contribution is 2.57. The molecule has 8 aromatic carbocycles. The van der Waals surface area contributed by atoms with E-state index in [1.54, 1.807) is 0 Å². The van der Waals surface area contributed by atoms with Crippen LogP contribution in [-0.4, -0.2) is 5.54 Å². The van der Waals surface area contributed by atoms with Gasteiger partial charge in [-0.2, -0.15) is 0 Å². The molecule has 300 valence electrons. The van der Waals surface area contributed by atoms with Crippen LogP contribution in [0.4, 0.5) is 28.4 Å². The van der Waals surface area contributed by atoms with Gasteiger partial charge < -0.3 is 9.80 Å². The third-order valence-electron chi connectivity index (χ3n) is 14.1. The Morgan fingerprint density at radius 1 is 0.565 bits per heavy atom. The SMILES string of the molecule is CC12C=CC=CC1c1cccc(-c3cccc(N(c4ccccc4-c4cccc5cccc(C6CCCCC6)c45)c4cccc5sc6ccccc6c45)c3)c1N2c1ccccc1. The Morgan fingerprint density at radius 2 is 1.26 bits per heavy atom. The van der Waals surface area contributed by atoms with Gasteiger partial charge in [0.15, 0.2) is 0 Å². The minimum absolute atomic E-state index is 0.234. The summed E-state index contributed by atoms with van der Waals surface area (Å²) < 4.78 is 2.60. The first-order valence-corrected chi connectivity index (χ1v) is 23.2. The van der Waals surface area contributed by atoms with Gasteiger partial charge in [0.05, 0.1) is 22.6 Å². The number of nitrogens with zero attached hydrogens (tertiary/aromatic N) is 2. The van der Waals surface area contributed by atoms with Crippen molar-refractivity contribution in [3.63, 3.8) is 0 Å². The molecular formula is C59H48N2S. The Kier molecular flexibility index (Phi) is 9.00. The zero-order valence-corrected chi connectivity index (χ0v) is 35.9. The molecule has 2 unspecified atom stereocenters. The molecule has 2 heterocycles. The van der Waals surface area contributed by atoms with E-state index >= 15 is 0 Å². The number of thiophene rings is 1. The van der Waals surface area contributed by atoms with Gasteiger partial charge in [-0.05, 0) is 107 Å². The zero-order chi connectivity index (χ0) is 41.2. The van der Waals surface area contributed by atoms with E-state index in [0.717, 1.165) is 5.69 Å². The maximum absolute atomic E-state index is 2.59. The highest BCUT2D eigenvalue weighted by atomic mass is 32.1. The van der Waals surface area contributed by atoms with Crippen molar-refractivity contribution in [3.8, 4) is 22.3 Å². The van der Waals surface area contributed by atoms with Crippen LogP contribution < -0.4 is 9.80 Å². The summed E-state index contributed by atoms with van der Waals surface area (Å²) >= 11 is 1.88. The minimum atomic E-state index is -0.234. The van der Waals surface area contributed by atoms with Gasteiger partial charge >= 0.3 is 0 Å². The first-order valence-electron chi connectivity index (χ1n) is 22.4. The van der Waals surface area contributed by atoms with Crippen LogP contribution >= 0.6 is 11.3 Å². The number of anilines is 5. The molecule has 0 spiro atoms. The summed E-state index contributed by atoms with van der Waals surface area (Å²) in [6.07, 6.45) is 15.7. The second kappa shape index (κ2) is 15.0. The summed E-state index contributed by atoms with van der Waals surface area (Å²) in [7, 11) is 0. The molecule has 0 bridgehead atoms. The summed E-state index contributed by atoms with van der Waals surface area (Å²) in [4.78, 5) is 5.15. The van der Waals surface area contributed by atoms with Gasteiger partial charge in [-0.1, -0.05) is 171 Å². The topological polar surface area (TPSA) is 6.48 Å². The van der Waals surface area contributed by atoms with Crippen molar-refractivity contribution in [2.75, 3.05) is 9.80 Å². The van der Waals surface area contributed by atoms with Crippen LogP contribution in [0.5, 0.6) is 0 Å². The second-order valence-electron chi connectivity index (χ2n) is 17.6. The van der Waals surface area contributed by atoms with Crippen molar-refractivity contribution in [1.29, 1.82) is 0 Å². The quantitative estimate of drug-likeness (QED) is 0.158. The highest BCUT2D eigenvalue weighted by molar-refractivity contribution is 7.26. The van der Waals surface area contributed by atoms with Crippen molar-refractivity contribution < 1.29 is 0 Å². The molecule has 1 aromatic heterocycles. The molecule has 2 nitrogen and oxygen atoms in total. The van der Waals surface area contributed by atoms with Crippen LogP contribution in [0.3, 0.4) is 0 Å². The second-order valence-corrected chi connectivity index (χ2v) is 18.7. The largest absolute Gasteiger partial charge is 0.330 e. The van der Waals surface area contributed by atoms with Gasteiger partial charge in [0.25, 0.3) is 0 Å². The first kappa shape index (κ1) is 37.1. The predicted octanol–water partition coefficient (Wildman–Crippen LogP) is 17.2. The number of fused-ring (bicyclic) bond motifs is 7. The van der Waals surface area contributed by atoms with Gasteiger partial charge in [-0.3, -0.25) is 0 Å². The molecule has 12 rings (SSSR count). The number of allylic oxidation sites excluding steroid dienone is 2. The highest BCUT2D eigenvalue weighted by Gasteiger charge is 2.48. The molecule has 2 aliphatic carbocycles. The Balaban J connectivity index is 1.10. The van der Waals surface area contributed by atoms with Crippen LogP contribution in [0.15, 0.2) is 200 Å². The number of rotatable bonds is 7. The van der Waals surface area contributed by atoms with Crippen LogP contribution in [0.2, 0.25) is 0 Å². The first-order chi connectivity index (χ1) is 30.7. The van der Waals surface area contributed by atoms with E-state index in [1.807, 2.05) is 11.3 Å². The van der Waals surface area contributed by atoms with Crippen molar-refractivity contribution in [3.05, 3.63) is 211 Å². The van der Waals surface area contributed by atoms with Gasteiger partial charge in [0, 0.05) is 48.6 Å². The fourth-order valence-corrected chi connectivity index (χ4v) is 12.4.